The van der Waals surface area contributed by atoms with E-state index in [4.69, 9.17) is 4.98 Å². The molecule has 0 atom stereocenters. The lowest BCUT2D eigenvalue weighted by Gasteiger charge is -2.14. The molecular weight excluding hydrogens is 448 g/mol. The molecule has 0 aliphatic heterocycles. The molecule has 6 rings (SSSR count). The first-order valence-electron chi connectivity index (χ1n) is 12.5. The topological polar surface area (TPSA) is 17.8 Å². The van der Waals surface area contributed by atoms with Crippen molar-refractivity contribution in [1.82, 2.24) is 9.55 Å². The minimum Gasteiger partial charge on any atom is -0.292 e. The zero-order valence-electron chi connectivity index (χ0n) is 20.4. The third kappa shape index (κ3) is 4.78. The van der Waals surface area contributed by atoms with E-state index < -0.39 is 0 Å². The van der Waals surface area contributed by atoms with Crippen LogP contribution in [0.2, 0.25) is 0 Å². The van der Waals surface area contributed by atoms with Gasteiger partial charge in [-0.2, -0.15) is 0 Å². The monoisotopic (exact) mass is 474 g/mol. The van der Waals surface area contributed by atoms with Gasteiger partial charge in [-0.25, -0.2) is 4.98 Å². The lowest BCUT2D eigenvalue weighted by molar-refractivity contribution is 1.07. The number of hydrogen-bond acceptors (Lipinski definition) is 1. The van der Waals surface area contributed by atoms with E-state index in [1.165, 1.54) is 5.56 Å². The summed E-state index contributed by atoms with van der Waals surface area (Å²) in [5.74, 6) is 0.919. The highest BCUT2D eigenvalue weighted by molar-refractivity contribution is 5.84. The molecule has 1 heterocycles. The summed E-state index contributed by atoms with van der Waals surface area (Å²) >= 11 is 0. The maximum absolute atomic E-state index is 5.27. The summed E-state index contributed by atoms with van der Waals surface area (Å²) in [4.78, 5) is 5.27. The molecular formula is C35H26N2. The number of nitrogens with zero attached hydrogens (tertiary/aromatic N) is 2. The molecule has 1 aromatic heterocycles. The Labute approximate surface area is 217 Å². The van der Waals surface area contributed by atoms with Gasteiger partial charge in [0.1, 0.15) is 5.82 Å². The molecule has 0 bridgehead atoms. The van der Waals surface area contributed by atoms with E-state index in [0.717, 1.165) is 45.2 Å². The number of imidazole rings is 1. The van der Waals surface area contributed by atoms with Gasteiger partial charge < -0.3 is 0 Å². The average molecular weight is 475 g/mol. The molecule has 176 valence electrons. The van der Waals surface area contributed by atoms with Crippen LogP contribution in [0.1, 0.15) is 11.1 Å². The van der Waals surface area contributed by atoms with E-state index in [-0.39, 0.29) is 0 Å². The third-order valence-corrected chi connectivity index (χ3v) is 6.42. The quantitative estimate of drug-likeness (QED) is 0.220. The molecule has 0 amide bonds. The Kier molecular flexibility index (Phi) is 6.30. The SMILES string of the molecule is C(=Cc1ccc(-c2nc(-c3ccccc3)c(-c3ccccc3)n2-c2ccccc2)cc1)c1ccccc1. The zero-order valence-corrected chi connectivity index (χ0v) is 20.4. The van der Waals surface area contributed by atoms with Crippen LogP contribution in [0.3, 0.4) is 0 Å². The Morgan fingerprint density at radius 2 is 0.919 bits per heavy atom. The molecule has 0 saturated heterocycles. The third-order valence-electron chi connectivity index (χ3n) is 6.42. The lowest BCUT2D eigenvalue weighted by Crippen LogP contribution is -2.00. The van der Waals surface area contributed by atoms with Gasteiger partial charge in [0.2, 0.25) is 0 Å². The van der Waals surface area contributed by atoms with Crippen molar-refractivity contribution in [1.29, 1.82) is 0 Å². The van der Waals surface area contributed by atoms with Crippen LogP contribution in [0.25, 0.3) is 51.7 Å². The largest absolute Gasteiger partial charge is 0.292 e. The second kappa shape index (κ2) is 10.3. The Morgan fingerprint density at radius 3 is 1.51 bits per heavy atom. The first kappa shape index (κ1) is 22.5. The van der Waals surface area contributed by atoms with Crippen molar-refractivity contribution in [3.8, 4) is 39.6 Å². The summed E-state index contributed by atoms with van der Waals surface area (Å²) in [6, 6.07) is 50.5. The highest BCUT2D eigenvalue weighted by Crippen LogP contribution is 2.38. The molecule has 37 heavy (non-hydrogen) atoms. The predicted molar refractivity (Wildman–Crippen MR) is 155 cm³/mol. The van der Waals surface area contributed by atoms with E-state index in [0.29, 0.717) is 0 Å². The standard InChI is InChI=1S/C35H26N2/c1-5-13-27(14-6-1)21-22-28-23-25-31(26-24-28)35-36-33(29-15-7-2-8-16-29)34(30-17-9-3-10-18-30)37(35)32-19-11-4-12-20-32/h1-26H. The Balaban J connectivity index is 1.52. The maximum Gasteiger partial charge on any atom is 0.145 e. The van der Waals surface area contributed by atoms with Crippen LogP contribution in [0.4, 0.5) is 0 Å². The molecule has 5 aromatic carbocycles. The molecule has 0 aliphatic rings. The van der Waals surface area contributed by atoms with Crippen molar-refractivity contribution < 1.29 is 0 Å². The van der Waals surface area contributed by atoms with E-state index in [1.807, 2.05) is 18.2 Å². The van der Waals surface area contributed by atoms with Crippen LogP contribution in [0, 0.1) is 0 Å². The lowest BCUT2D eigenvalue weighted by atomic mass is 10.0. The summed E-state index contributed by atoms with van der Waals surface area (Å²) in [5.41, 5.74) is 8.77. The Bertz CT molecular complexity index is 1610. The van der Waals surface area contributed by atoms with Crippen LogP contribution in [0.5, 0.6) is 0 Å². The number of rotatable bonds is 6. The second-order valence-corrected chi connectivity index (χ2v) is 8.90. The molecule has 2 heteroatoms. The van der Waals surface area contributed by atoms with Gasteiger partial charge in [0.15, 0.2) is 0 Å². The predicted octanol–water partition coefficient (Wildman–Crippen LogP) is 9.04. The molecule has 0 unspecified atom stereocenters. The highest BCUT2D eigenvalue weighted by Gasteiger charge is 2.22. The first-order valence-corrected chi connectivity index (χ1v) is 12.5. The van der Waals surface area contributed by atoms with Crippen molar-refractivity contribution in [3.63, 3.8) is 0 Å². The van der Waals surface area contributed by atoms with Crippen molar-refractivity contribution in [2.75, 3.05) is 0 Å². The van der Waals surface area contributed by atoms with E-state index in [9.17, 15) is 0 Å². The van der Waals surface area contributed by atoms with Gasteiger partial charge in [-0.05, 0) is 23.3 Å². The second-order valence-electron chi connectivity index (χ2n) is 8.90. The van der Waals surface area contributed by atoms with Gasteiger partial charge in [-0.15, -0.1) is 0 Å². The van der Waals surface area contributed by atoms with Crippen LogP contribution in [0.15, 0.2) is 146 Å². The normalized spacial score (nSPS) is 11.1. The summed E-state index contributed by atoms with van der Waals surface area (Å²) in [6.45, 7) is 0. The Hall–Kier alpha value is -4.95. The van der Waals surface area contributed by atoms with Gasteiger partial charge in [-0.3, -0.25) is 4.57 Å². The number of para-hydroxylation sites is 1. The first-order chi connectivity index (χ1) is 18.4. The molecule has 6 aromatic rings. The van der Waals surface area contributed by atoms with E-state index >= 15 is 0 Å². The molecule has 0 spiro atoms. The molecule has 0 N–H and O–H groups in total. The fourth-order valence-electron chi connectivity index (χ4n) is 4.60. The van der Waals surface area contributed by atoms with Crippen LogP contribution in [-0.4, -0.2) is 9.55 Å². The summed E-state index contributed by atoms with van der Waals surface area (Å²) in [7, 11) is 0. The molecule has 0 fully saturated rings. The average Bonchev–Trinajstić information content (AvgIpc) is 3.39. The maximum atomic E-state index is 5.27. The van der Waals surface area contributed by atoms with Gasteiger partial charge in [0.05, 0.1) is 11.4 Å². The van der Waals surface area contributed by atoms with Crippen LogP contribution < -0.4 is 0 Å². The van der Waals surface area contributed by atoms with Crippen molar-refractivity contribution in [3.05, 3.63) is 157 Å². The smallest absolute Gasteiger partial charge is 0.145 e. The minimum atomic E-state index is 0.919. The highest BCUT2D eigenvalue weighted by atomic mass is 15.1. The van der Waals surface area contributed by atoms with E-state index in [2.05, 4.69) is 144 Å². The van der Waals surface area contributed by atoms with Gasteiger partial charge in [0, 0.05) is 22.4 Å². The molecule has 0 aliphatic carbocycles. The van der Waals surface area contributed by atoms with Gasteiger partial charge in [0.25, 0.3) is 0 Å². The van der Waals surface area contributed by atoms with E-state index in [1.54, 1.807) is 0 Å². The van der Waals surface area contributed by atoms with Crippen LogP contribution >= 0.6 is 0 Å². The molecule has 2 nitrogen and oxygen atoms in total. The van der Waals surface area contributed by atoms with Crippen LogP contribution in [-0.2, 0) is 0 Å². The minimum absolute atomic E-state index is 0.919. The molecule has 0 radical (unpaired) electrons. The van der Waals surface area contributed by atoms with Gasteiger partial charge >= 0.3 is 0 Å². The number of aromatic nitrogens is 2. The van der Waals surface area contributed by atoms with Crippen molar-refractivity contribution >= 4 is 12.2 Å². The summed E-state index contributed by atoms with van der Waals surface area (Å²) < 4.78 is 2.28. The fourth-order valence-corrected chi connectivity index (χ4v) is 4.60. The van der Waals surface area contributed by atoms with Gasteiger partial charge in [-0.1, -0.05) is 146 Å². The van der Waals surface area contributed by atoms with Crippen molar-refractivity contribution in [2.24, 2.45) is 0 Å². The number of benzene rings is 5. The summed E-state index contributed by atoms with van der Waals surface area (Å²) in [5, 5.41) is 0. The molecule has 0 saturated carbocycles. The fraction of sp³-hybridized carbons (Fsp3) is 0. The Morgan fingerprint density at radius 1 is 0.432 bits per heavy atom. The zero-order chi connectivity index (χ0) is 24.9. The van der Waals surface area contributed by atoms with Crippen molar-refractivity contribution in [2.45, 2.75) is 0 Å². The summed E-state index contributed by atoms with van der Waals surface area (Å²) in [6.07, 6.45) is 4.29. The number of hydrogen-bond donors (Lipinski definition) is 0.